The highest BCUT2D eigenvalue weighted by Crippen LogP contribution is 2.29. The van der Waals surface area contributed by atoms with Crippen molar-refractivity contribution in [1.29, 1.82) is 0 Å². The lowest BCUT2D eigenvalue weighted by Gasteiger charge is -2.22. The zero-order valence-electron chi connectivity index (χ0n) is 16.0. The van der Waals surface area contributed by atoms with E-state index in [9.17, 15) is 9.59 Å². The van der Waals surface area contributed by atoms with Gasteiger partial charge >= 0.3 is 0 Å². The molecule has 1 aliphatic rings. The van der Waals surface area contributed by atoms with Gasteiger partial charge in [-0.15, -0.1) is 0 Å². The van der Waals surface area contributed by atoms with E-state index in [0.717, 1.165) is 12.8 Å². The molecule has 1 fully saturated rings. The molecule has 0 unspecified atom stereocenters. The Morgan fingerprint density at radius 2 is 1.83 bits per heavy atom. The SMILES string of the molecule is COc1ccccc1OCC(=O)N(CCC(=O)Nc1ccc(Cl)c(Cl)c1)C1CC1. The third-order valence-electron chi connectivity index (χ3n) is 4.51. The van der Waals surface area contributed by atoms with Crippen LogP contribution in [-0.4, -0.2) is 43.0 Å². The fourth-order valence-electron chi connectivity index (χ4n) is 2.88. The number of nitrogens with one attached hydrogen (secondary N) is 1. The molecule has 2 amide bonds. The Labute approximate surface area is 179 Å². The molecule has 0 spiro atoms. The number of carbonyl (C=O) groups excluding carboxylic acids is 2. The summed E-state index contributed by atoms with van der Waals surface area (Å²) in [7, 11) is 1.55. The van der Waals surface area contributed by atoms with Crippen LogP contribution in [0.5, 0.6) is 11.5 Å². The number of nitrogens with zero attached hydrogens (tertiary/aromatic N) is 1. The molecule has 8 heteroatoms. The second kappa shape index (κ2) is 9.85. The largest absolute Gasteiger partial charge is 0.493 e. The molecule has 29 heavy (non-hydrogen) atoms. The molecule has 1 N–H and O–H groups in total. The number of benzene rings is 2. The Morgan fingerprint density at radius 3 is 2.48 bits per heavy atom. The smallest absolute Gasteiger partial charge is 0.260 e. The van der Waals surface area contributed by atoms with Crippen molar-refractivity contribution in [2.45, 2.75) is 25.3 Å². The molecule has 6 nitrogen and oxygen atoms in total. The molecule has 0 radical (unpaired) electrons. The molecule has 0 heterocycles. The average molecular weight is 437 g/mol. The molecule has 2 aromatic rings. The summed E-state index contributed by atoms with van der Waals surface area (Å²) in [4.78, 5) is 26.6. The van der Waals surface area contributed by atoms with Crippen molar-refractivity contribution in [3.63, 3.8) is 0 Å². The highest BCUT2D eigenvalue weighted by molar-refractivity contribution is 6.42. The van der Waals surface area contributed by atoms with Crippen LogP contribution in [0, 0.1) is 0 Å². The van der Waals surface area contributed by atoms with Gasteiger partial charge in [-0.3, -0.25) is 9.59 Å². The van der Waals surface area contributed by atoms with Crippen LogP contribution in [0.4, 0.5) is 5.69 Å². The van der Waals surface area contributed by atoms with Gasteiger partial charge in [0.25, 0.3) is 5.91 Å². The van der Waals surface area contributed by atoms with E-state index in [1.165, 1.54) is 0 Å². The van der Waals surface area contributed by atoms with E-state index in [2.05, 4.69) is 5.32 Å². The van der Waals surface area contributed by atoms with Gasteiger partial charge in [-0.2, -0.15) is 0 Å². The maximum Gasteiger partial charge on any atom is 0.260 e. The maximum atomic E-state index is 12.6. The quantitative estimate of drug-likeness (QED) is 0.632. The van der Waals surface area contributed by atoms with Crippen LogP contribution in [-0.2, 0) is 9.59 Å². The second-order valence-corrected chi connectivity index (χ2v) is 7.50. The first-order chi connectivity index (χ1) is 14.0. The standard InChI is InChI=1S/C21H22Cl2N2O4/c1-28-18-4-2-3-5-19(18)29-13-21(27)25(15-7-8-15)11-10-20(26)24-14-6-9-16(22)17(23)12-14/h2-6,9,12,15H,7-8,10-11,13H2,1H3,(H,24,26). The Hall–Kier alpha value is -2.44. The van der Waals surface area contributed by atoms with E-state index >= 15 is 0 Å². The Bertz CT molecular complexity index is 887. The van der Waals surface area contributed by atoms with Gasteiger partial charge in [0.05, 0.1) is 17.2 Å². The molecule has 0 aromatic heterocycles. The Balaban J connectivity index is 1.52. The molecular formula is C21H22Cl2N2O4. The monoisotopic (exact) mass is 436 g/mol. The highest BCUT2D eigenvalue weighted by Gasteiger charge is 2.32. The van der Waals surface area contributed by atoms with E-state index in [1.807, 2.05) is 12.1 Å². The average Bonchev–Trinajstić information content (AvgIpc) is 3.54. The minimum absolute atomic E-state index is 0.106. The Kier molecular flexibility index (Phi) is 7.23. The van der Waals surface area contributed by atoms with Crippen LogP contribution in [0.15, 0.2) is 42.5 Å². The van der Waals surface area contributed by atoms with Crippen LogP contribution in [0.1, 0.15) is 19.3 Å². The molecule has 0 bridgehead atoms. The van der Waals surface area contributed by atoms with E-state index in [0.29, 0.717) is 33.8 Å². The second-order valence-electron chi connectivity index (χ2n) is 6.68. The summed E-state index contributed by atoms with van der Waals surface area (Å²) in [5.74, 6) is 0.726. The summed E-state index contributed by atoms with van der Waals surface area (Å²) in [6.45, 7) is 0.219. The number of anilines is 1. The van der Waals surface area contributed by atoms with Gasteiger partial charge in [-0.05, 0) is 43.2 Å². The van der Waals surface area contributed by atoms with Crippen molar-refractivity contribution in [2.75, 3.05) is 25.6 Å². The van der Waals surface area contributed by atoms with E-state index in [4.69, 9.17) is 32.7 Å². The summed E-state index contributed by atoms with van der Waals surface area (Å²) in [6, 6.07) is 12.2. The lowest BCUT2D eigenvalue weighted by molar-refractivity contribution is -0.134. The summed E-state index contributed by atoms with van der Waals surface area (Å²) < 4.78 is 10.9. The van der Waals surface area contributed by atoms with Crippen molar-refractivity contribution in [3.05, 3.63) is 52.5 Å². The summed E-state index contributed by atoms with van der Waals surface area (Å²) in [5.41, 5.74) is 0.563. The molecule has 0 aliphatic heterocycles. The minimum Gasteiger partial charge on any atom is -0.493 e. The first-order valence-electron chi connectivity index (χ1n) is 9.28. The molecule has 154 valence electrons. The predicted molar refractivity (Wildman–Crippen MR) is 113 cm³/mol. The molecule has 0 atom stereocenters. The topological polar surface area (TPSA) is 67.9 Å². The van der Waals surface area contributed by atoms with Gasteiger partial charge in [0.15, 0.2) is 18.1 Å². The number of amides is 2. The lowest BCUT2D eigenvalue weighted by Crippen LogP contribution is -2.38. The fourth-order valence-corrected chi connectivity index (χ4v) is 3.18. The van der Waals surface area contributed by atoms with Crippen LogP contribution < -0.4 is 14.8 Å². The van der Waals surface area contributed by atoms with Crippen molar-refractivity contribution < 1.29 is 19.1 Å². The van der Waals surface area contributed by atoms with Crippen LogP contribution in [0.25, 0.3) is 0 Å². The number of hydrogen-bond acceptors (Lipinski definition) is 4. The minimum atomic E-state index is -0.201. The summed E-state index contributed by atoms with van der Waals surface area (Å²) in [6.07, 6.45) is 2.06. The number of carbonyl (C=O) groups is 2. The van der Waals surface area contributed by atoms with Gasteiger partial charge in [-0.25, -0.2) is 0 Å². The molecular weight excluding hydrogens is 415 g/mol. The van der Waals surface area contributed by atoms with Gasteiger partial charge in [0, 0.05) is 24.7 Å². The maximum absolute atomic E-state index is 12.6. The van der Waals surface area contributed by atoms with Crippen molar-refractivity contribution in [3.8, 4) is 11.5 Å². The molecule has 3 rings (SSSR count). The number of rotatable bonds is 9. The first kappa shape index (κ1) is 21.3. The Morgan fingerprint density at radius 1 is 1.10 bits per heavy atom. The lowest BCUT2D eigenvalue weighted by atomic mass is 10.3. The van der Waals surface area contributed by atoms with Crippen molar-refractivity contribution in [1.82, 2.24) is 4.90 Å². The molecule has 0 saturated heterocycles. The summed E-state index contributed by atoms with van der Waals surface area (Å²) >= 11 is 11.8. The molecule has 1 aliphatic carbocycles. The molecule has 1 saturated carbocycles. The van der Waals surface area contributed by atoms with Gasteiger partial charge in [-0.1, -0.05) is 35.3 Å². The van der Waals surface area contributed by atoms with Crippen molar-refractivity contribution in [2.24, 2.45) is 0 Å². The van der Waals surface area contributed by atoms with Crippen LogP contribution in [0.2, 0.25) is 10.0 Å². The van der Waals surface area contributed by atoms with Gasteiger partial charge in [0.1, 0.15) is 0 Å². The van der Waals surface area contributed by atoms with E-state index in [-0.39, 0.29) is 30.9 Å². The predicted octanol–water partition coefficient (Wildman–Crippen LogP) is 4.40. The first-order valence-corrected chi connectivity index (χ1v) is 10.0. The normalized spacial score (nSPS) is 12.9. The number of ether oxygens (including phenoxy) is 2. The zero-order chi connectivity index (χ0) is 20.8. The van der Waals surface area contributed by atoms with Crippen LogP contribution in [0.3, 0.4) is 0 Å². The van der Waals surface area contributed by atoms with Gasteiger partial charge in [0.2, 0.25) is 5.91 Å². The third kappa shape index (κ3) is 6.02. The molecule has 2 aromatic carbocycles. The van der Waals surface area contributed by atoms with Crippen molar-refractivity contribution >= 4 is 40.7 Å². The van der Waals surface area contributed by atoms with Gasteiger partial charge < -0.3 is 19.7 Å². The summed E-state index contributed by atoms with van der Waals surface area (Å²) in [5, 5.41) is 3.56. The number of halogens is 2. The number of para-hydroxylation sites is 2. The zero-order valence-corrected chi connectivity index (χ0v) is 17.5. The van der Waals surface area contributed by atoms with E-state index in [1.54, 1.807) is 42.3 Å². The van der Waals surface area contributed by atoms with Crippen LogP contribution >= 0.6 is 23.2 Å². The third-order valence-corrected chi connectivity index (χ3v) is 5.25. The van der Waals surface area contributed by atoms with E-state index < -0.39 is 0 Å². The highest BCUT2D eigenvalue weighted by atomic mass is 35.5. The number of hydrogen-bond donors (Lipinski definition) is 1. The fraction of sp³-hybridized carbons (Fsp3) is 0.333. The number of methoxy groups -OCH3 is 1.